The van der Waals surface area contributed by atoms with Gasteiger partial charge in [0.15, 0.2) is 23.2 Å². The fourth-order valence-corrected chi connectivity index (χ4v) is 5.08. The third-order valence-electron chi connectivity index (χ3n) is 6.84. The highest BCUT2D eigenvalue weighted by atomic mass is 35.5. The molecule has 1 heterocycles. The zero-order chi connectivity index (χ0) is 35.1. The molecule has 2 atom stereocenters. The van der Waals surface area contributed by atoms with Gasteiger partial charge >= 0.3 is 5.97 Å². The lowest BCUT2D eigenvalue weighted by Gasteiger charge is -2.23. The van der Waals surface area contributed by atoms with Crippen LogP contribution in [-0.4, -0.2) is 45.9 Å². The minimum absolute atomic E-state index is 0.00344. The number of ketones is 1. The summed E-state index contributed by atoms with van der Waals surface area (Å²) in [6.45, 7) is -1.30. The molecule has 16 heteroatoms. The van der Waals surface area contributed by atoms with Crippen LogP contribution >= 0.6 is 23.2 Å². The van der Waals surface area contributed by atoms with E-state index in [0.29, 0.717) is 5.56 Å². The number of halogens is 6. The molecule has 2 amide bonds. The molecule has 0 saturated heterocycles. The van der Waals surface area contributed by atoms with Crippen LogP contribution in [0.25, 0.3) is 0 Å². The summed E-state index contributed by atoms with van der Waals surface area (Å²) in [4.78, 5) is 64.8. The van der Waals surface area contributed by atoms with Gasteiger partial charge < -0.3 is 25.0 Å². The number of amides is 2. The van der Waals surface area contributed by atoms with E-state index in [1.165, 1.54) is 36.5 Å². The van der Waals surface area contributed by atoms with Gasteiger partial charge in [0.2, 0.25) is 17.5 Å². The average Bonchev–Trinajstić information content (AvgIpc) is 3.03. The number of hydrogen-bond acceptors (Lipinski definition) is 6. The minimum atomic E-state index is -1.94. The molecule has 0 saturated carbocycles. The van der Waals surface area contributed by atoms with Crippen molar-refractivity contribution in [3.8, 4) is 5.75 Å². The summed E-state index contributed by atoms with van der Waals surface area (Å²) in [5.41, 5.74) is -0.756. The van der Waals surface area contributed by atoms with Gasteiger partial charge in [-0.2, -0.15) is 8.78 Å². The van der Waals surface area contributed by atoms with Gasteiger partial charge in [0.05, 0.1) is 22.0 Å². The van der Waals surface area contributed by atoms with E-state index in [2.05, 4.69) is 15.4 Å². The number of nitrogens with one attached hydrogen (secondary N) is 2. The van der Waals surface area contributed by atoms with E-state index in [9.17, 15) is 46.6 Å². The summed E-state index contributed by atoms with van der Waals surface area (Å²) >= 11 is 12.2. The van der Waals surface area contributed by atoms with Gasteiger partial charge in [0.25, 0.3) is 11.5 Å². The van der Waals surface area contributed by atoms with Gasteiger partial charge in [-0.05, 0) is 29.8 Å². The Balaban J connectivity index is 1.64. The molecule has 0 aliphatic heterocycles. The Kier molecular flexibility index (Phi) is 11.6. The Hall–Kier alpha value is -5.21. The number of hydrogen-bond donors (Lipinski definition) is 3. The molecule has 250 valence electrons. The summed E-state index contributed by atoms with van der Waals surface area (Å²) in [6, 6.07) is 11.8. The van der Waals surface area contributed by atoms with Crippen LogP contribution in [-0.2, 0) is 20.8 Å². The first kappa shape index (κ1) is 35.6. The zero-order valence-electron chi connectivity index (χ0n) is 24.3. The highest BCUT2D eigenvalue weighted by Crippen LogP contribution is 2.27. The summed E-state index contributed by atoms with van der Waals surface area (Å²) in [5, 5.41) is 14.0. The van der Waals surface area contributed by atoms with Gasteiger partial charge in [-0.1, -0.05) is 59.6 Å². The number of carbonyl (C=O) groups is 4. The van der Waals surface area contributed by atoms with Gasteiger partial charge in [-0.25, -0.2) is 8.78 Å². The fourth-order valence-electron chi connectivity index (χ4n) is 4.51. The van der Waals surface area contributed by atoms with Gasteiger partial charge in [0.1, 0.15) is 24.4 Å². The first-order chi connectivity index (χ1) is 22.8. The second-order valence-corrected chi connectivity index (χ2v) is 10.9. The lowest BCUT2D eigenvalue weighted by atomic mass is 10.0. The molecule has 48 heavy (non-hydrogen) atoms. The number of ether oxygens (including phenoxy) is 1. The summed E-state index contributed by atoms with van der Waals surface area (Å²) < 4.78 is 60.9. The second-order valence-electron chi connectivity index (χ2n) is 10.1. The lowest BCUT2D eigenvalue weighted by Crippen LogP contribution is -2.48. The van der Waals surface area contributed by atoms with Crippen LogP contribution in [0.4, 0.5) is 23.2 Å². The normalized spacial score (nSPS) is 12.1. The smallest absolute Gasteiger partial charge is 0.305 e. The predicted octanol–water partition coefficient (Wildman–Crippen LogP) is 5.36. The molecule has 10 nitrogen and oxygen atoms in total. The molecule has 1 unspecified atom stereocenters. The quantitative estimate of drug-likeness (QED) is 0.125. The highest BCUT2D eigenvalue weighted by molar-refractivity contribution is 6.40. The van der Waals surface area contributed by atoms with Crippen LogP contribution < -0.4 is 20.9 Å². The molecule has 0 spiro atoms. The maximum Gasteiger partial charge on any atom is 0.305 e. The summed E-state index contributed by atoms with van der Waals surface area (Å²) in [5.74, 6) is -13.8. The SMILES string of the molecule is O=C(O)CC(NC(=O)[C@H](Cc1ccccc1)n1cccc(NC(=O)c2c(Cl)cccc2Cl)c1=O)C(=O)COc1c(F)c(F)cc(F)c1F. The molecule has 0 aliphatic rings. The number of carboxylic acid groups (broad SMARTS) is 1. The number of carbonyl (C=O) groups excluding carboxylic acids is 3. The van der Waals surface area contributed by atoms with E-state index in [4.69, 9.17) is 23.2 Å². The van der Waals surface area contributed by atoms with Crippen molar-refractivity contribution in [3.63, 3.8) is 0 Å². The summed E-state index contributed by atoms with van der Waals surface area (Å²) in [7, 11) is 0. The predicted molar refractivity (Wildman–Crippen MR) is 165 cm³/mol. The van der Waals surface area contributed by atoms with E-state index in [1.54, 1.807) is 30.3 Å². The Morgan fingerprint density at radius 1 is 0.875 bits per heavy atom. The minimum Gasteiger partial charge on any atom is -0.481 e. The number of Topliss-reactive ketones (excluding diaryl/α,β-unsaturated/α-hetero) is 1. The fraction of sp³-hybridized carbons (Fsp3) is 0.156. The van der Waals surface area contributed by atoms with Gasteiger partial charge in [-0.15, -0.1) is 0 Å². The van der Waals surface area contributed by atoms with E-state index in [1.807, 2.05) is 0 Å². The van der Waals surface area contributed by atoms with Gasteiger partial charge in [-0.3, -0.25) is 24.0 Å². The molecule has 0 aliphatic carbocycles. The third-order valence-corrected chi connectivity index (χ3v) is 7.47. The molecule has 3 N–H and O–H groups in total. The van der Waals surface area contributed by atoms with E-state index < -0.39 is 83.3 Å². The Morgan fingerprint density at radius 3 is 2.10 bits per heavy atom. The number of benzene rings is 3. The lowest BCUT2D eigenvalue weighted by molar-refractivity contribution is -0.140. The first-order valence-corrected chi connectivity index (χ1v) is 14.5. The molecule has 3 aromatic carbocycles. The second kappa shape index (κ2) is 15.6. The van der Waals surface area contributed by atoms with Crippen molar-refractivity contribution in [3.05, 3.63) is 128 Å². The van der Waals surface area contributed by atoms with E-state index >= 15 is 0 Å². The monoisotopic (exact) mass is 707 g/mol. The average molecular weight is 708 g/mol. The van der Waals surface area contributed by atoms with Crippen LogP contribution in [0.1, 0.15) is 28.4 Å². The molecular weight excluding hydrogens is 685 g/mol. The molecule has 4 rings (SSSR count). The number of anilines is 1. The first-order valence-electron chi connectivity index (χ1n) is 13.8. The van der Waals surface area contributed by atoms with Crippen molar-refractivity contribution in [2.45, 2.75) is 24.9 Å². The Morgan fingerprint density at radius 2 is 1.50 bits per heavy atom. The topological polar surface area (TPSA) is 144 Å². The number of rotatable bonds is 13. The van der Waals surface area contributed by atoms with Crippen molar-refractivity contribution >= 4 is 52.5 Å². The third kappa shape index (κ3) is 8.38. The van der Waals surface area contributed by atoms with Crippen molar-refractivity contribution in [1.29, 1.82) is 0 Å². The Bertz CT molecular complexity index is 1900. The highest BCUT2D eigenvalue weighted by Gasteiger charge is 2.31. The van der Waals surface area contributed by atoms with Crippen molar-refractivity contribution in [2.75, 3.05) is 11.9 Å². The zero-order valence-corrected chi connectivity index (χ0v) is 25.8. The van der Waals surface area contributed by atoms with E-state index in [-0.39, 0.29) is 33.8 Å². The molecule has 0 fully saturated rings. The van der Waals surface area contributed by atoms with Crippen molar-refractivity contribution < 1.29 is 46.6 Å². The van der Waals surface area contributed by atoms with Crippen LogP contribution in [0.2, 0.25) is 10.0 Å². The van der Waals surface area contributed by atoms with Crippen LogP contribution in [0.15, 0.2) is 77.7 Å². The maximum absolute atomic E-state index is 14.0. The number of pyridine rings is 1. The number of aliphatic carboxylic acids is 1. The largest absolute Gasteiger partial charge is 0.481 e. The molecule has 0 bridgehead atoms. The molecule has 1 aromatic heterocycles. The van der Waals surface area contributed by atoms with Crippen molar-refractivity contribution in [1.82, 2.24) is 9.88 Å². The van der Waals surface area contributed by atoms with Crippen LogP contribution in [0.5, 0.6) is 5.75 Å². The Labute approximate surface area is 278 Å². The number of nitrogens with zero attached hydrogens (tertiary/aromatic N) is 1. The summed E-state index contributed by atoms with van der Waals surface area (Å²) in [6.07, 6.45) is -0.00329. The van der Waals surface area contributed by atoms with Crippen LogP contribution in [0, 0.1) is 23.3 Å². The number of aromatic nitrogens is 1. The number of carboxylic acids is 1. The maximum atomic E-state index is 14.0. The van der Waals surface area contributed by atoms with Crippen molar-refractivity contribution in [2.24, 2.45) is 0 Å². The molecule has 4 aromatic rings. The van der Waals surface area contributed by atoms with Gasteiger partial charge in [0, 0.05) is 18.7 Å². The molecule has 0 radical (unpaired) electrons. The van der Waals surface area contributed by atoms with E-state index in [0.717, 1.165) is 4.57 Å². The van der Waals surface area contributed by atoms with Crippen LogP contribution in [0.3, 0.4) is 0 Å². The molecular formula is C32H23Cl2F4N3O7. The standard InChI is InChI=1S/C32H23Cl2F4N3O7/c33-17-8-4-9-18(34)26(17)31(46)39-21-10-5-11-41(32(21)47)23(12-16-6-2-1-3-7-16)30(45)40-22(14-25(43)44)24(42)15-48-29-27(37)19(35)13-20(36)28(29)38/h1-11,13,22-23H,12,14-15H2,(H,39,46)(H,40,45)(H,43,44)/t22?,23-/m0/s1.